The van der Waals surface area contributed by atoms with Gasteiger partial charge in [-0.2, -0.15) is 0 Å². The number of piperidine rings is 1. The first-order valence-corrected chi connectivity index (χ1v) is 9.65. The lowest BCUT2D eigenvalue weighted by Crippen LogP contribution is -2.47. The van der Waals surface area contributed by atoms with Crippen molar-refractivity contribution in [3.63, 3.8) is 0 Å². The summed E-state index contributed by atoms with van der Waals surface area (Å²) in [5.41, 5.74) is 0.966. The Balaban J connectivity index is 1.37. The van der Waals surface area contributed by atoms with E-state index in [1.165, 1.54) is 0 Å². The smallest absolute Gasteiger partial charge is 0.409 e. The van der Waals surface area contributed by atoms with Crippen LogP contribution in [0.2, 0.25) is 0 Å². The lowest BCUT2D eigenvalue weighted by molar-refractivity contribution is -0.154. The van der Waals surface area contributed by atoms with Gasteiger partial charge in [-0.25, -0.2) is 4.79 Å². The maximum atomic E-state index is 12.2. The minimum absolute atomic E-state index is 0.0400. The summed E-state index contributed by atoms with van der Waals surface area (Å²) in [6, 6.07) is 7.54. The molecule has 0 saturated carbocycles. The molecule has 1 fully saturated rings. The molecule has 1 aromatic carbocycles. The average molecular weight is 390 g/mol. The van der Waals surface area contributed by atoms with E-state index in [-0.39, 0.29) is 31.3 Å². The van der Waals surface area contributed by atoms with Crippen LogP contribution in [0.25, 0.3) is 0 Å². The highest BCUT2D eigenvalue weighted by Crippen LogP contribution is 2.27. The van der Waals surface area contributed by atoms with Crippen LogP contribution >= 0.6 is 0 Å². The Labute approximate surface area is 164 Å². The van der Waals surface area contributed by atoms with Gasteiger partial charge in [0.2, 0.25) is 0 Å². The van der Waals surface area contributed by atoms with E-state index in [4.69, 9.17) is 14.2 Å². The lowest BCUT2D eigenvalue weighted by atomic mass is 9.97. The highest BCUT2D eigenvalue weighted by atomic mass is 16.6. The van der Waals surface area contributed by atoms with E-state index in [2.05, 4.69) is 5.32 Å². The first kappa shape index (κ1) is 20.0. The average Bonchev–Trinajstić information content (AvgIpc) is 2.72. The lowest BCUT2D eigenvalue weighted by Gasteiger charge is -2.31. The number of nitrogens with one attached hydrogen (secondary N) is 1. The standard InChI is InChI=1S/C20H26N2O6/c1-2-26-20(25)22-9-7-16(8-10-22)21-18(23)13-28-19(24)15-11-14-5-3-4-6-17(14)27-12-15/h3-6,15-16H,2,7-13H2,1H3,(H,21,23). The fraction of sp³-hybridized carbons (Fsp3) is 0.550. The molecule has 1 unspecified atom stereocenters. The summed E-state index contributed by atoms with van der Waals surface area (Å²) >= 11 is 0. The molecule has 2 heterocycles. The van der Waals surface area contributed by atoms with Crippen LogP contribution in [0.5, 0.6) is 5.75 Å². The number of ether oxygens (including phenoxy) is 3. The van der Waals surface area contributed by atoms with Gasteiger partial charge in [0.25, 0.3) is 5.91 Å². The van der Waals surface area contributed by atoms with E-state index >= 15 is 0 Å². The van der Waals surface area contributed by atoms with Gasteiger partial charge in [0, 0.05) is 19.1 Å². The molecule has 2 aliphatic heterocycles. The zero-order valence-electron chi connectivity index (χ0n) is 16.0. The zero-order chi connectivity index (χ0) is 19.9. The number of rotatable bonds is 5. The van der Waals surface area contributed by atoms with Crippen LogP contribution in [0.4, 0.5) is 4.79 Å². The van der Waals surface area contributed by atoms with Crippen molar-refractivity contribution in [3.8, 4) is 5.75 Å². The van der Waals surface area contributed by atoms with Crippen molar-refractivity contribution in [1.82, 2.24) is 10.2 Å². The van der Waals surface area contributed by atoms with Gasteiger partial charge in [-0.05, 0) is 37.8 Å². The molecule has 2 aliphatic rings. The van der Waals surface area contributed by atoms with Crippen LogP contribution in [0.3, 0.4) is 0 Å². The molecule has 152 valence electrons. The second-order valence-corrected chi connectivity index (χ2v) is 6.96. The number of carbonyl (C=O) groups is 3. The van der Waals surface area contributed by atoms with Gasteiger partial charge in [-0.3, -0.25) is 9.59 Å². The van der Waals surface area contributed by atoms with Crippen molar-refractivity contribution in [1.29, 1.82) is 0 Å². The summed E-state index contributed by atoms with van der Waals surface area (Å²) in [7, 11) is 0. The van der Waals surface area contributed by atoms with Crippen molar-refractivity contribution in [2.75, 3.05) is 32.9 Å². The van der Waals surface area contributed by atoms with Crippen LogP contribution in [-0.2, 0) is 25.5 Å². The number of nitrogens with zero attached hydrogens (tertiary/aromatic N) is 1. The highest BCUT2D eigenvalue weighted by molar-refractivity contribution is 5.81. The van der Waals surface area contributed by atoms with Crippen molar-refractivity contribution in [3.05, 3.63) is 29.8 Å². The summed E-state index contributed by atoms with van der Waals surface area (Å²) < 4.78 is 15.7. The topological polar surface area (TPSA) is 94.2 Å². The predicted molar refractivity (Wildman–Crippen MR) is 99.8 cm³/mol. The number of likely N-dealkylation sites (tertiary alicyclic amines) is 1. The third-order valence-electron chi connectivity index (χ3n) is 4.94. The van der Waals surface area contributed by atoms with Crippen LogP contribution in [0, 0.1) is 5.92 Å². The molecule has 28 heavy (non-hydrogen) atoms. The van der Waals surface area contributed by atoms with Crippen LogP contribution in [0.15, 0.2) is 24.3 Å². The summed E-state index contributed by atoms with van der Waals surface area (Å²) in [6.45, 7) is 3.12. The minimum Gasteiger partial charge on any atom is -0.492 e. The highest BCUT2D eigenvalue weighted by Gasteiger charge is 2.28. The molecule has 1 saturated heterocycles. The largest absolute Gasteiger partial charge is 0.492 e. The molecule has 0 radical (unpaired) electrons. The van der Waals surface area contributed by atoms with Crippen molar-refractivity contribution in [2.24, 2.45) is 5.92 Å². The summed E-state index contributed by atoms with van der Waals surface area (Å²) in [5.74, 6) is -0.379. The maximum Gasteiger partial charge on any atom is 0.409 e. The monoisotopic (exact) mass is 390 g/mol. The number of carbonyl (C=O) groups excluding carboxylic acids is 3. The van der Waals surface area contributed by atoms with E-state index < -0.39 is 11.9 Å². The van der Waals surface area contributed by atoms with Gasteiger partial charge in [-0.15, -0.1) is 0 Å². The molecule has 1 atom stereocenters. The molecular formula is C20H26N2O6. The first-order valence-electron chi connectivity index (χ1n) is 9.65. The third kappa shape index (κ3) is 5.15. The molecule has 1 N–H and O–H groups in total. The minimum atomic E-state index is -0.429. The number of hydrogen-bond acceptors (Lipinski definition) is 6. The van der Waals surface area contributed by atoms with Gasteiger partial charge in [0.15, 0.2) is 6.61 Å². The van der Waals surface area contributed by atoms with Gasteiger partial charge >= 0.3 is 12.1 Å². The number of esters is 1. The quantitative estimate of drug-likeness (QED) is 0.766. The van der Waals surface area contributed by atoms with Crippen LogP contribution < -0.4 is 10.1 Å². The Bertz CT molecular complexity index is 714. The molecule has 8 heteroatoms. The molecular weight excluding hydrogens is 364 g/mol. The molecule has 0 bridgehead atoms. The van der Waals surface area contributed by atoms with Gasteiger partial charge in [0.1, 0.15) is 12.4 Å². The number of hydrogen-bond donors (Lipinski definition) is 1. The van der Waals surface area contributed by atoms with Gasteiger partial charge < -0.3 is 24.4 Å². The molecule has 2 amide bonds. The van der Waals surface area contributed by atoms with Crippen LogP contribution in [0.1, 0.15) is 25.3 Å². The van der Waals surface area contributed by atoms with Gasteiger partial charge in [-0.1, -0.05) is 18.2 Å². The third-order valence-corrected chi connectivity index (χ3v) is 4.94. The van der Waals surface area contributed by atoms with E-state index in [1.807, 2.05) is 24.3 Å². The summed E-state index contributed by atoms with van der Waals surface area (Å²) in [4.78, 5) is 37.6. The molecule has 3 rings (SSSR count). The van der Waals surface area contributed by atoms with Crippen molar-refractivity contribution in [2.45, 2.75) is 32.2 Å². The first-order chi connectivity index (χ1) is 13.6. The fourth-order valence-electron chi connectivity index (χ4n) is 3.42. The number of benzene rings is 1. The fourth-order valence-corrected chi connectivity index (χ4v) is 3.42. The predicted octanol–water partition coefficient (Wildman–Crippen LogP) is 1.52. The van der Waals surface area contributed by atoms with Crippen LogP contribution in [-0.4, -0.2) is 61.8 Å². The number of amides is 2. The molecule has 0 aliphatic carbocycles. The van der Waals surface area contributed by atoms with Crippen molar-refractivity contribution >= 4 is 18.0 Å². The van der Waals surface area contributed by atoms with E-state index in [0.29, 0.717) is 39.0 Å². The molecule has 8 nitrogen and oxygen atoms in total. The van der Waals surface area contributed by atoms with E-state index in [0.717, 1.165) is 11.3 Å². The SMILES string of the molecule is CCOC(=O)N1CCC(NC(=O)COC(=O)C2COc3ccccc3C2)CC1. The summed E-state index contributed by atoms with van der Waals surface area (Å²) in [6.07, 6.45) is 1.51. The van der Waals surface area contributed by atoms with E-state index in [1.54, 1.807) is 11.8 Å². The van der Waals surface area contributed by atoms with Gasteiger partial charge in [0.05, 0.1) is 12.5 Å². The van der Waals surface area contributed by atoms with Crippen molar-refractivity contribution < 1.29 is 28.6 Å². The molecule has 0 aromatic heterocycles. The Morgan fingerprint density at radius 1 is 1.18 bits per heavy atom. The molecule has 0 spiro atoms. The zero-order valence-corrected chi connectivity index (χ0v) is 16.0. The normalized spacial score (nSPS) is 19.2. The second-order valence-electron chi connectivity index (χ2n) is 6.96. The Morgan fingerprint density at radius 2 is 1.93 bits per heavy atom. The summed E-state index contributed by atoms with van der Waals surface area (Å²) in [5, 5.41) is 2.86. The Kier molecular flexibility index (Phi) is 6.73. The Hall–Kier alpha value is -2.77. The van der Waals surface area contributed by atoms with E-state index in [9.17, 15) is 14.4 Å². The molecule has 1 aromatic rings. The second kappa shape index (κ2) is 9.43. The Morgan fingerprint density at radius 3 is 2.68 bits per heavy atom. The number of para-hydroxylation sites is 1. The number of fused-ring (bicyclic) bond motifs is 1. The maximum absolute atomic E-state index is 12.2.